The van der Waals surface area contributed by atoms with E-state index in [1.807, 2.05) is 0 Å². The number of hydrogen-bond donors (Lipinski definition) is 1. The number of nitrogens with zero attached hydrogens (tertiary/aromatic N) is 1. The Bertz CT molecular complexity index is 465. The fraction of sp³-hybridized carbons (Fsp3) is 0.833. The second-order valence-electron chi connectivity index (χ2n) is 5.27. The minimum absolute atomic E-state index is 0.376. The molecule has 1 saturated carbocycles. The third-order valence-electron chi connectivity index (χ3n) is 4.04. The topological polar surface area (TPSA) is 91.8 Å². The molecule has 1 rings (SSSR count). The predicted molar refractivity (Wildman–Crippen MR) is 70.5 cm³/mol. The van der Waals surface area contributed by atoms with Crippen molar-refractivity contribution in [3.63, 3.8) is 0 Å². The number of hydrogen-bond acceptors (Lipinski definition) is 4. The highest BCUT2D eigenvalue weighted by Crippen LogP contribution is 2.34. The second kappa shape index (κ2) is 5.48. The molecule has 0 aliphatic heterocycles. The molecule has 0 aromatic rings. The van der Waals surface area contributed by atoms with Gasteiger partial charge in [-0.25, -0.2) is 13.2 Å². The average Bonchev–Trinajstić information content (AvgIpc) is 2.35. The number of aliphatic carboxylic acids is 1. The molecular weight excluding hydrogens is 270 g/mol. The lowest BCUT2D eigenvalue weighted by molar-refractivity contribution is -0.160. The fourth-order valence-electron chi connectivity index (χ4n) is 2.50. The first-order valence-corrected chi connectivity index (χ1v) is 8.28. The largest absolute Gasteiger partial charge is 0.479 e. The maximum Gasteiger partial charge on any atom is 0.329 e. The summed E-state index contributed by atoms with van der Waals surface area (Å²) in [6, 6.07) is 0. The number of rotatable bonds is 4. The Balaban J connectivity index is 3.04. The highest BCUT2D eigenvalue weighted by molar-refractivity contribution is 7.92. The monoisotopic (exact) mass is 291 g/mol. The highest BCUT2D eigenvalue weighted by atomic mass is 32.2. The van der Waals surface area contributed by atoms with E-state index in [0.717, 1.165) is 30.4 Å². The van der Waals surface area contributed by atoms with Crippen LogP contribution in [0.15, 0.2) is 0 Å². The molecule has 0 radical (unpaired) electrons. The standard InChI is InChI=1S/C12H21NO5S/c1-9(19(3,17)18)10(14)13(2)12(11(15)16)7-5-4-6-8-12/h9H,4-8H2,1-3H3,(H,15,16). The molecule has 1 fully saturated rings. The third-order valence-corrected chi connectivity index (χ3v) is 5.53. The van der Waals surface area contributed by atoms with E-state index in [-0.39, 0.29) is 0 Å². The molecule has 0 aromatic heterocycles. The average molecular weight is 291 g/mol. The molecule has 0 aromatic carbocycles. The molecule has 19 heavy (non-hydrogen) atoms. The summed E-state index contributed by atoms with van der Waals surface area (Å²) in [6.07, 6.45) is 4.15. The number of sulfone groups is 1. The highest BCUT2D eigenvalue weighted by Gasteiger charge is 2.47. The van der Waals surface area contributed by atoms with Gasteiger partial charge in [-0.1, -0.05) is 19.3 Å². The minimum Gasteiger partial charge on any atom is -0.479 e. The number of carbonyl (C=O) groups excluding carboxylic acids is 1. The van der Waals surface area contributed by atoms with Gasteiger partial charge in [-0.05, 0) is 19.8 Å². The van der Waals surface area contributed by atoms with Crippen molar-refractivity contribution in [2.24, 2.45) is 0 Å². The van der Waals surface area contributed by atoms with Gasteiger partial charge in [0, 0.05) is 13.3 Å². The number of carbonyl (C=O) groups is 2. The molecule has 1 amide bonds. The summed E-state index contributed by atoms with van der Waals surface area (Å²) in [5, 5.41) is 8.24. The normalized spacial score (nSPS) is 20.6. The van der Waals surface area contributed by atoms with Crippen molar-refractivity contribution in [1.82, 2.24) is 4.90 Å². The maximum absolute atomic E-state index is 12.2. The number of carboxylic acids is 1. The Morgan fingerprint density at radius 1 is 1.21 bits per heavy atom. The van der Waals surface area contributed by atoms with Crippen molar-refractivity contribution in [1.29, 1.82) is 0 Å². The Kier molecular flexibility index (Phi) is 4.60. The van der Waals surface area contributed by atoms with Gasteiger partial charge in [-0.15, -0.1) is 0 Å². The first-order valence-electron chi connectivity index (χ1n) is 6.33. The lowest BCUT2D eigenvalue weighted by Gasteiger charge is -2.41. The SMILES string of the molecule is CC(C(=O)N(C)C1(C(=O)O)CCCCC1)S(C)(=O)=O. The quantitative estimate of drug-likeness (QED) is 0.821. The van der Waals surface area contributed by atoms with Crippen LogP contribution in [0.4, 0.5) is 0 Å². The van der Waals surface area contributed by atoms with Crippen molar-refractivity contribution in [3.05, 3.63) is 0 Å². The van der Waals surface area contributed by atoms with Crippen LogP contribution in [-0.4, -0.2) is 54.4 Å². The molecule has 0 bridgehead atoms. The van der Waals surface area contributed by atoms with Gasteiger partial charge >= 0.3 is 5.97 Å². The van der Waals surface area contributed by atoms with Crippen LogP contribution >= 0.6 is 0 Å². The van der Waals surface area contributed by atoms with Crippen molar-refractivity contribution in [3.8, 4) is 0 Å². The Morgan fingerprint density at radius 2 is 1.68 bits per heavy atom. The van der Waals surface area contributed by atoms with Crippen molar-refractivity contribution in [2.45, 2.75) is 49.8 Å². The predicted octanol–water partition coefficient (Wildman–Crippen LogP) is 0.665. The molecule has 0 spiro atoms. The van der Waals surface area contributed by atoms with Gasteiger partial charge in [0.05, 0.1) is 0 Å². The summed E-state index contributed by atoms with van der Waals surface area (Å²) in [7, 11) is -2.13. The van der Waals surface area contributed by atoms with Gasteiger partial charge in [0.1, 0.15) is 10.8 Å². The van der Waals surface area contributed by atoms with E-state index >= 15 is 0 Å². The Morgan fingerprint density at radius 3 is 2.05 bits per heavy atom. The summed E-state index contributed by atoms with van der Waals surface area (Å²) in [6.45, 7) is 1.30. The molecule has 110 valence electrons. The molecule has 1 atom stereocenters. The summed E-state index contributed by atoms with van der Waals surface area (Å²) in [5.74, 6) is -1.70. The van der Waals surface area contributed by atoms with Gasteiger partial charge in [-0.3, -0.25) is 4.79 Å². The van der Waals surface area contributed by atoms with Crippen LogP contribution in [0, 0.1) is 0 Å². The van der Waals surface area contributed by atoms with Crippen molar-refractivity contribution in [2.75, 3.05) is 13.3 Å². The summed E-state index contributed by atoms with van der Waals surface area (Å²) in [5.41, 5.74) is -1.26. The van der Waals surface area contributed by atoms with E-state index in [9.17, 15) is 23.1 Å². The number of amides is 1. The van der Waals surface area contributed by atoms with Gasteiger partial charge < -0.3 is 10.0 Å². The van der Waals surface area contributed by atoms with Crippen LogP contribution in [0.3, 0.4) is 0 Å². The summed E-state index contributed by atoms with van der Waals surface area (Å²) < 4.78 is 22.9. The van der Waals surface area contributed by atoms with E-state index in [1.54, 1.807) is 0 Å². The fourth-order valence-corrected chi connectivity index (χ4v) is 3.02. The summed E-state index contributed by atoms with van der Waals surface area (Å²) >= 11 is 0. The van der Waals surface area contributed by atoms with E-state index in [4.69, 9.17) is 0 Å². The van der Waals surface area contributed by atoms with Crippen LogP contribution in [0.25, 0.3) is 0 Å². The smallest absolute Gasteiger partial charge is 0.329 e. The molecule has 1 N–H and O–H groups in total. The van der Waals surface area contributed by atoms with Crippen LogP contribution in [-0.2, 0) is 19.4 Å². The molecule has 0 heterocycles. The second-order valence-corrected chi connectivity index (χ2v) is 7.63. The maximum atomic E-state index is 12.2. The van der Waals surface area contributed by atoms with E-state index in [2.05, 4.69) is 0 Å². The van der Waals surface area contributed by atoms with Crippen LogP contribution in [0.2, 0.25) is 0 Å². The molecule has 0 saturated heterocycles. The molecule has 6 nitrogen and oxygen atoms in total. The molecule has 1 aliphatic rings. The molecule has 7 heteroatoms. The zero-order chi connectivity index (χ0) is 14.8. The van der Waals surface area contributed by atoms with Gasteiger partial charge in [-0.2, -0.15) is 0 Å². The van der Waals surface area contributed by atoms with E-state index in [0.29, 0.717) is 12.8 Å². The van der Waals surface area contributed by atoms with Gasteiger partial charge in [0.2, 0.25) is 5.91 Å². The zero-order valence-corrected chi connectivity index (χ0v) is 12.4. The van der Waals surface area contributed by atoms with E-state index in [1.165, 1.54) is 14.0 Å². The van der Waals surface area contributed by atoms with Crippen molar-refractivity contribution < 1.29 is 23.1 Å². The van der Waals surface area contributed by atoms with Crippen LogP contribution in [0.1, 0.15) is 39.0 Å². The summed E-state index contributed by atoms with van der Waals surface area (Å²) in [4.78, 5) is 24.9. The van der Waals surface area contributed by atoms with Crippen LogP contribution < -0.4 is 0 Å². The van der Waals surface area contributed by atoms with Crippen molar-refractivity contribution >= 4 is 21.7 Å². The lowest BCUT2D eigenvalue weighted by Crippen LogP contribution is -2.58. The Labute approximate surface area is 113 Å². The number of likely N-dealkylation sites (N-methyl/N-ethyl adjacent to an activating group) is 1. The van der Waals surface area contributed by atoms with E-state index < -0.39 is 32.5 Å². The lowest BCUT2D eigenvalue weighted by atomic mass is 9.80. The van der Waals surface area contributed by atoms with Gasteiger partial charge in [0.25, 0.3) is 0 Å². The first-order chi connectivity index (χ1) is 8.63. The third kappa shape index (κ3) is 3.08. The molecule has 1 aliphatic carbocycles. The van der Waals surface area contributed by atoms with Crippen LogP contribution in [0.5, 0.6) is 0 Å². The van der Waals surface area contributed by atoms with Gasteiger partial charge in [0.15, 0.2) is 9.84 Å². The zero-order valence-electron chi connectivity index (χ0n) is 11.5. The first kappa shape index (κ1) is 15.9. The minimum atomic E-state index is -3.52. The molecular formula is C12H21NO5S. The molecule has 1 unspecified atom stereocenters. The number of carboxylic acid groups (broad SMARTS) is 1. The Hall–Kier alpha value is -1.11.